The summed E-state index contributed by atoms with van der Waals surface area (Å²) in [6, 6.07) is 12.0. The van der Waals surface area contributed by atoms with Gasteiger partial charge in [0.2, 0.25) is 11.8 Å². The summed E-state index contributed by atoms with van der Waals surface area (Å²) < 4.78 is 13.1. The van der Waals surface area contributed by atoms with Crippen molar-refractivity contribution in [3.05, 3.63) is 58.9 Å². The third-order valence-corrected chi connectivity index (χ3v) is 3.55. The molecule has 0 saturated heterocycles. The first-order chi connectivity index (χ1) is 12.4. The Kier molecular flexibility index (Phi) is 6.67. The predicted octanol–water partition coefficient (Wildman–Crippen LogP) is 2.86. The second-order valence-corrected chi connectivity index (χ2v) is 6.02. The van der Waals surface area contributed by atoms with Crippen molar-refractivity contribution in [1.82, 2.24) is 4.90 Å². The lowest BCUT2D eigenvalue weighted by Crippen LogP contribution is -2.36. The SMILES string of the molecule is CN(CC(=O)Nc1cccc(F)c1)CC(=O)Nc1cc(Cl)ccc1C#N. The highest BCUT2D eigenvalue weighted by Gasteiger charge is 2.13. The molecule has 2 N–H and O–H groups in total. The summed E-state index contributed by atoms with van der Waals surface area (Å²) in [7, 11) is 1.59. The highest BCUT2D eigenvalue weighted by molar-refractivity contribution is 6.31. The fourth-order valence-electron chi connectivity index (χ4n) is 2.22. The molecule has 0 saturated carbocycles. The van der Waals surface area contributed by atoms with Crippen LogP contribution in [0.15, 0.2) is 42.5 Å². The van der Waals surface area contributed by atoms with Crippen LogP contribution in [0.4, 0.5) is 15.8 Å². The Bertz CT molecular complexity index is 867. The molecular weight excluding hydrogens is 359 g/mol. The predicted molar refractivity (Wildman–Crippen MR) is 97.3 cm³/mol. The molecule has 2 aromatic carbocycles. The first kappa shape index (κ1) is 19.4. The molecule has 134 valence electrons. The van der Waals surface area contributed by atoms with Crippen LogP contribution in [0.3, 0.4) is 0 Å². The maximum absolute atomic E-state index is 13.1. The minimum absolute atomic E-state index is 0.0649. The minimum Gasteiger partial charge on any atom is -0.325 e. The van der Waals surface area contributed by atoms with Crippen LogP contribution in [-0.2, 0) is 9.59 Å². The van der Waals surface area contributed by atoms with Gasteiger partial charge in [-0.05, 0) is 43.4 Å². The van der Waals surface area contributed by atoms with E-state index in [0.717, 1.165) is 0 Å². The standard InChI is InChI=1S/C18H16ClFN4O2/c1-24(10-17(25)22-15-4-2-3-14(20)8-15)11-18(26)23-16-7-13(19)6-5-12(16)9-21/h2-8H,10-11H2,1H3,(H,22,25)(H,23,26). The summed E-state index contributed by atoms with van der Waals surface area (Å²) in [5.74, 6) is -1.23. The van der Waals surface area contributed by atoms with Gasteiger partial charge in [0.25, 0.3) is 0 Å². The molecule has 0 bridgehead atoms. The largest absolute Gasteiger partial charge is 0.325 e. The molecule has 0 aliphatic rings. The Morgan fingerprint density at radius 2 is 1.85 bits per heavy atom. The molecule has 0 heterocycles. The second-order valence-electron chi connectivity index (χ2n) is 5.58. The molecule has 2 amide bonds. The molecule has 0 atom stereocenters. The van der Waals surface area contributed by atoms with Crippen molar-refractivity contribution in [2.24, 2.45) is 0 Å². The number of nitrogens with one attached hydrogen (secondary N) is 2. The highest BCUT2D eigenvalue weighted by Crippen LogP contribution is 2.20. The number of carbonyl (C=O) groups excluding carboxylic acids is 2. The van der Waals surface area contributed by atoms with Gasteiger partial charge in [0.15, 0.2) is 0 Å². The van der Waals surface area contributed by atoms with Crippen LogP contribution in [0.25, 0.3) is 0 Å². The number of amides is 2. The van der Waals surface area contributed by atoms with Gasteiger partial charge in [0.1, 0.15) is 11.9 Å². The number of anilines is 2. The fraction of sp³-hybridized carbons (Fsp3) is 0.167. The number of nitriles is 1. The van der Waals surface area contributed by atoms with E-state index in [9.17, 15) is 14.0 Å². The lowest BCUT2D eigenvalue weighted by Gasteiger charge is -2.16. The molecule has 0 aromatic heterocycles. The smallest absolute Gasteiger partial charge is 0.238 e. The average Bonchev–Trinajstić information content (AvgIpc) is 2.54. The minimum atomic E-state index is -0.453. The Morgan fingerprint density at radius 1 is 1.15 bits per heavy atom. The van der Waals surface area contributed by atoms with Crippen molar-refractivity contribution in [1.29, 1.82) is 5.26 Å². The number of nitrogens with zero attached hydrogens (tertiary/aromatic N) is 2. The topological polar surface area (TPSA) is 85.2 Å². The van der Waals surface area contributed by atoms with E-state index in [1.54, 1.807) is 19.2 Å². The van der Waals surface area contributed by atoms with Crippen LogP contribution >= 0.6 is 11.6 Å². The van der Waals surface area contributed by atoms with Crippen molar-refractivity contribution >= 4 is 34.8 Å². The van der Waals surface area contributed by atoms with Crippen LogP contribution in [0, 0.1) is 17.1 Å². The molecule has 8 heteroatoms. The maximum atomic E-state index is 13.1. The maximum Gasteiger partial charge on any atom is 0.238 e. The Balaban J connectivity index is 1.88. The number of rotatable bonds is 6. The molecule has 26 heavy (non-hydrogen) atoms. The quantitative estimate of drug-likeness (QED) is 0.814. The molecule has 0 aliphatic carbocycles. The molecule has 0 aliphatic heterocycles. The molecular formula is C18H16ClFN4O2. The zero-order valence-electron chi connectivity index (χ0n) is 13.9. The third kappa shape index (κ3) is 5.84. The fourth-order valence-corrected chi connectivity index (χ4v) is 2.39. The summed E-state index contributed by atoms with van der Waals surface area (Å²) in [6.45, 7) is -0.140. The van der Waals surface area contributed by atoms with Gasteiger partial charge in [-0.15, -0.1) is 0 Å². The number of hydrogen-bond acceptors (Lipinski definition) is 4. The Hall–Kier alpha value is -2.95. The monoisotopic (exact) mass is 374 g/mol. The van der Waals surface area contributed by atoms with Gasteiger partial charge < -0.3 is 10.6 Å². The van der Waals surface area contributed by atoms with Gasteiger partial charge in [-0.25, -0.2) is 4.39 Å². The van der Waals surface area contributed by atoms with Gasteiger partial charge >= 0.3 is 0 Å². The van der Waals surface area contributed by atoms with Crippen LogP contribution in [0.5, 0.6) is 0 Å². The highest BCUT2D eigenvalue weighted by atomic mass is 35.5. The van der Waals surface area contributed by atoms with E-state index in [1.165, 1.54) is 35.2 Å². The van der Waals surface area contributed by atoms with Crippen molar-refractivity contribution in [3.63, 3.8) is 0 Å². The molecule has 6 nitrogen and oxygen atoms in total. The van der Waals surface area contributed by atoms with Crippen molar-refractivity contribution < 1.29 is 14.0 Å². The summed E-state index contributed by atoms with van der Waals surface area (Å²) in [5, 5.41) is 14.6. The van der Waals surface area contributed by atoms with Crippen LogP contribution in [0.2, 0.25) is 5.02 Å². The summed E-state index contributed by atoms with van der Waals surface area (Å²) in [6.07, 6.45) is 0. The van der Waals surface area contributed by atoms with Gasteiger partial charge in [-0.1, -0.05) is 17.7 Å². The summed E-state index contributed by atoms with van der Waals surface area (Å²) in [5.41, 5.74) is 0.933. The van der Waals surface area contributed by atoms with Gasteiger partial charge in [-0.2, -0.15) is 5.26 Å². The third-order valence-electron chi connectivity index (χ3n) is 3.31. The van der Waals surface area contributed by atoms with Gasteiger partial charge in [0, 0.05) is 10.7 Å². The van der Waals surface area contributed by atoms with E-state index < -0.39 is 11.7 Å². The summed E-state index contributed by atoms with van der Waals surface area (Å²) in [4.78, 5) is 25.5. The number of halogens is 2. The van der Waals surface area contributed by atoms with E-state index in [2.05, 4.69) is 10.6 Å². The first-order valence-corrected chi connectivity index (χ1v) is 7.98. The van der Waals surface area contributed by atoms with Crippen molar-refractivity contribution in [2.75, 3.05) is 30.8 Å². The lowest BCUT2D eigenvalue weighted by atomic mass is 10.2. The van der Waals surface area contributed by atoms with Crippen LogP contribution in [0.1, 0.15) is 5.56 Å². The molecule has 2 aromatic rings. The van der Waals surface area contributed by atoms with E-state index >= 15 is 0 Å². The van der Waals surface area contributed by atoms with Crippen LogP contribution in [-0.4, -0.2) is 36.9 Å². The molecule has 0 radical (unpaired) electrons. The zero-order valence-corrected chi connectivity index (χ0v) is 14.7. The van der Waals surface area contributed by atoms with E-state index in [0.29, 0.717) is 16.4 Å². The van der Waals surface area contributed by atoms with Gasteiger partial charge in [-0.3, -0.25) is 14.5 Å². The lowest BCUT2D eigenvalue weighted by molar-refractivity contribution is -0.119. The van der Waals surface area contributed by atoms with E-state index in [1.807, 2.05) is 6.07 Å². The van der Waals surface area contributed by atoms with E-state index in [-0.39, 0.29) is 24.6 Å². The second kappa shape index (κ2) is 8.94. The van der Waals surface area contributed by atoms with Crippen LogP contribution < -0.4 is 10.6 Å². The molecule has 0 fully saturated rings. The molecule has 0 spiro atoms. The normalized spacial score (nSPS) is 10.3. The zero-order chi connectivity index (χ0) is 19.1. The van der Waals surface area contributed by atoms with Crippen molar-refractivity contribution in [3.8, 4) is 6.07 Å². The molecule has 2 rings (SSSR count). The average molecular weight is 375 g/mol. The number of benzene rings is 2. The van der Waals surface area contributed by atoms with E-state index in [4.69, 9.17) is 16.9 Å². The number of likely N-dealkylation sites (N-methyl/N-ethyl adjacent to an activating group) is 1. The summed E-state index contributed by atoms with van der Waals surface area (Å²) >= 11 is 5.87. The number of hydrogen-bond donors (Lipinski definition) is 2. The first-order valence-electron chi connectivity index (χ1n) is 7.61. The Labute approximate surface area is 155 Å². The number of carbonyl (C=O) groups is 2. The van der Waals surface area contributed by atoms with Gasteiger partial charge in [0.05, 0.1) is 24.3 Å². The Morgan fingerprint density at radius 3 is 2.50 bits per heavy atom. The molecule has 0 unspecified atom stereocenters. The van der Waals surface area contributed by atoms with Crippen molar-refractivity contribution in [2.45, 2.75) is 0 Å².